The van der Waals surface area contributed by atoms with Crippen LogP contribution >= 0.6 is 11.8 Å². The maximum Gasteiger partial charge on any atom is 0.408 e. The van der Waals surface area contributed by atoms with Gasteiger partial charge in [0.05, 0.1) is 12.1 Å². The minimum atomic E-state index is -1.11. The third-order valence-electron chi connectivity index (χ3n) is 5.31. The van der Waals surface area contributed by atoms with Crippen molar-refractivity contribution < 1.29 is 29.0 Å². The fourth-order valence-electron chi connectivity index (χ4n) is 3.77. The zero-order valence-corrected chi connectivity index (χ0v) is 19.9. The molecule has 0 bridgehead atoms. The number of rotatable bonds is 12. The minimum absolute atomic E-state index is 0.0144. The molecule has 2 aliphatic rings. The van der Waals surface area contributed by atoms with Crippen LogP contribution in [0.15, 0.2) is 0 Å². The molecule has 2 aliphatic heterocycles. The van der Waals surface area contributed by atoms with E-state index in [0.29, 0.717) is 31.1 Å². The fourth-order valence-corrected chi connectivity index (χ4v) is 5.31. The molecule has 2 heterocycles. The Kier molecular flexibility index (Phi) is 9.92. The maximum absolute atomic E-state index is 12.0. The van der Waals surface area contributed by atoms with E-state index in [-0.39, 0.29) is 30.4 Å². The number of carboxylic acids is 1. The third kappa shape index (κ3) is 9.13. The maximum atomic E-state index is 12.0. The molecular weight excluding hydrogens is 436 g/mol. The molecule has 4 atom stereocenters. The predicted octanol–water partition coefficient (Wildman–Crippen LogP) is 1.98. The molecule has 32 heavy (non-hydrogen) atoms. The van der Waals surface area contributed by atoms with Gasteiger partial charge in [0.25, 0.3) is 0 Å². The van der Waals surface area contributed by atoms with Gasteiger partial charge < -0.3 is 31.1 Å². The topological polar surface area (TPSA) is 146 Å². The van der Waals surface area contributed by atoms with Crippen molar-refractivity contribution in [1.82, 2.24) is 21.3 Å². The SMILES string of the molecule is CC(C)(C)OC(=O)N[C@@H](CCCCNC(=O)CCCCC1SCC2NC(=O)NC21)C(=O)O. The van der Waals surface area contributed by atoms with Crippen LogP contribution in [0.1, 0.15) is 65.7 Å². The number of thioether (sulfide) groups is 1. The van der Waals surface area contributed by atoms with Gasteiger partial charge in [-0.15, -0.1) is 0 Å². The first-order valence-corrected chi connectivity index (χ1v) is 12.3. The van der Waals surface area contributed by atoms with Crippen molar-refractivity contribution in [3.05, 3.63) is 0 Å². The van der Waals surface area contributed by atoms with E-state index in [1.54, 1.807) is 20.8 Å². The number of aliphatic carboxylic acids is 1. The Hall–Kier alpha value is -2.17. The van der Waals surface area contributed by atoms with Crippen LogP contribution in [-0.4, -0.2) is 70.4 Å². The summed E-state index contributed by atoms with van der Waals surface area (Å²) in [5.74, 6) is -0.191. The third-order valence-corrected chi connectivity index (χ3v) is 6.82. The molecule has 10 nitrogen and oxygen atoms in total. The van der Waals surface area contributed by atoms with Crippen LogP contribution in [0.3, 0.4) is 0 Å². The second kappa shape index (κ2) is 12.2. The first-order chi connectivity index (χ1) is 15.0. The lowest BCUT2D eigenvalue weighted by molar-refractivity contribution is -0.139. The van der Waals surface area contributed by atoms with Gasteiger partial charge in [-0.25, -0.2) is 14.4 Å². The number of hydrogen-bond donors (Lipinski definition) is 5. The fraction of sp³-hybridized carbons (Fsp3) is 0.810. The highest BCUT2D eigenvalue weighted by Crippen LogP contribution is 2.33. The summed E-state index contributed by atoms with van der Waals surface area (Å²) in [6.45, 7) is 5.60. The van der Waals surface area contributed by atoms with Gasteiger partial charge in [0.2, 0.25) is 5.91 Å². The Morgan fingerprint density at radius 1 is 1.19 bits per heavy atom. The predicted molar refractivity (Wildman–Crippen MR) is 122 cm³/mol. The summed E-state index contributed by atoms with van der Waals surface area (Å²) in [6.07, 6.45) is 3.83. The lowest BCUT2D eigenvalue weighted by atomic mass is 10.0. The van der Waals surface area contributed by atoms with Crippen molar-refractivity contribution >= 4 is 35.8 Å². The number of hydrogen-bond acceptors (Lipinski definition) is 6. The number of nitrogens with one attached hydrogen (secondary N) is 4. The van der Waals surface area contributed by atoms with Crippen molar-refractivity contribution in [2.24, 2.45) is 0 Å². The molecule has 11 heteroatoms. The van der Waals surface area contributed by atoms with Crippen molar-refractivity contribution in [3.63, 3.8) is 0 Å². The number of fused-ring (bicyclic) bond motifs is 1. The lowest BCUT2D eigenvalue weighted by Crippen LogP contribution is -2.43. The van der Waals surface area contributed by atoms with Crippen molar-refractivity contribution in [2.75, 3.05) is 12.3 Å². The number of urea groups is 1. The van der Waals surface area contributed by atoms with Gasteiger partial charge in [0.15, 0.2) is 0 Å². The zero-order chi connectivity index (χ0) is 23.7. The molecule has 2 rings (SSSR count). The summed E-state index contributed by atoms with van der Waals surface area (Å²) in [6, 6.07) is -0.685. The molecule has 0 aromatic rings. The first-order valence-electron chi connectivity index (χ1n) is 11.2. The summed E-state index contributed by atoms with van der Waals surface area (Å²) in [5.41, 5.74) is -0.695. The lowest BCUT2D eigenvalue weighted by Gasteiger charge is -2.22. The molecule has 0 aromatic heterocycles. The zero-order valence-electron chi connectivity index (χ0n) is 19.1. The molecule has 2 saturated heterocycles. The summed E-state index contributed by atoms with van der Waals surface area (Å²) in [5, 5.41) is 20.8. The Labute approximate surface area is 193 Å². The average molecular weight is 473 g/mol. The van der Waals surface area contributed by atoms with Crippen LogP contribution in [0.5, 0.6) is 0 Å². The van der Waals surface area contributed by atoms with Gasteiger partial charge in [0, 0.05) is 24.0 Å². The van der Waals surface area contributed by atoms with Crippen LogP contribution in [0.25, 0.3) is 0 Å². The van der Waals surface area contributed by atoms with Crippen molar-refractivity contribution in [1.29, 1.82) is 0 Å². The molecular formula is C21H36N4O6S. The van der Waals surface area contributed by atoms with E-state index < -0.39 is 23.7 Å². The number of carbonyl (C=O) groups is 4. The van der Waals surface area contributed by atoms with E-state index in [2.05, 4.69) is 21.3 Å². The molecule has 3 unspecified atom stereocenters. The number of amides is 4. The molecule has 0 saturated carbocycles. The Morgan fingerprint density at radius 3 is 2.62 bits per heavy atom. The van der Waals surface area contributed by atoms with Gasteiger partial charge in [-0.3, -0.25) is 4.79 Å². The van der Waals surface area contributed by atoms with Crippen molar-refractivity contribution in [3.8, 4) is 0 Å². The Morgan fingerprint density at radius 2 is 1.94 bits per heavy atom. The summed E-state index contributed by atoms with van der Waals surface area (Å²) in [7, 11) is 0. The van der Waals surface area contributed by atoms with Crippen LogP contribution < -0.4 is 21.3 Å². The van der Waals surface area contributed by atoms with E-state index in [4.69, 9.17) is 4.74 Å². The molecule has 5 N–H and O–H groups in total. The van der Waals surface area contributed by atoms with Crippen LogP contribution in [0.2, 0.25) is 0 Å². The van der Waals surface area contributed by atoms with E-state index in [1.165, 1.54) is 0 Å². The van der Waals surface area contributed by atoms with Gasteiger partial charge >= 0.3 is 18.1 Å². The number of unbranched alkanes of at least 4 members (excludes halogenated alkanes) is 2. The number of alkyl carbamates (subject to hydrolysis) is 1. The highest BCUT2D eigenvalue weighted by molar-refractivity contribution is 8.00. The van der Waals surface area contributed by atoms with Crippen LogP contribution in [0, 0.1) is 0 Å². The van der Waals surface area contributed by atoms with Gasteiger partial charge in [-0.2, -0.15) is 11.8 Å². The smallest absolute Gasteiger partial charge is 0.408 e. The second-order valence-electron chi connectivity index (χ2n) is 9.25. The molecule has 4 amide bonds. The van der Waals surface area contributed by atoms with Gasteiger partial charge in [-0.05, 0) is 52.9 Å². The monoisotopic (exact) mass is 472 g/mol. The van der Waals surface area contributed by atoms with E-state index in [0.717, 1.165) is 25.0 Å². The summed E-state index contributed by atoms with van der Waals surface area (Å²) >= 11 is 1.87. The first kappa shape index (κ1) is 26.1. The molecule has 0 aromatic carbocycles. The van der Waals surface area contributed by atoms with Gasteiger partial charge in [0.1, 0.15) is 11.6 Å². The number of carbonyl (C=O) groups excluding carboxylic acids is 3. The van der Waals surface area contributed by atoms with E-state index in [9.17, 15) is 24.3 Å². The number of carboxylic acid groups (broad SMARTS) is 1. The van der Waals surface area contributed by atoms with Gasteiger partial charge in [-0.1, -0.05) is 6.42 Å². The summed E-state index contributed by atoms with van der Waals surface area (Å²) < 4.78 is 5.09. The normalized spacial score (nSPS) is 23.0. The Bertz CT molecular complexity index is 684. The standard InChI is InChI=1S/C21H36N4O6S/c1-21(2,3)31-20(30)24-13(18(27)28)8-6-7-11-22-16(26)10-5-4-9-15-17-14(12-32-15)23-19(29)25-17/h13-15,17H,4-12H2,1-3H3,(H,22,26)(H,24,30)(H,27,28)(H2,23,25,29)/t13-,14?,15?,17?/m0/s1. The van der Waals surface area contributed by atoms with E-state index in [1.807, 2.05) is 11.8 Å². The van der Waals surface area contributed by atoms with Crippen LogP contribution in [0.4, 0.5) is 9.59 Å². The highest BCUT2D eigenvalue weighted by Gasteiger charge is 2.42. The van der Waals surface area contributed by atoms with Crippen molar-refractivity contribution in [2.45, 2.75) is 94.7 Å². The number of ether oxygens (including phenoxy) is 1. The molecule has 182 valence electrons. The van der Waals surface area contributed by atoms with E-state index >= 15 is 0 Å². The molecule has 0 radical (unpaired) electrons. The molecule has 2 fully saturated rings. The molecule has 0 aliphatic carbocycles. The highest BCUT2D eigenvalue weighted by atomic mass is 32.2. The summed E-state index contributed by atoms with van der Waals surface area (Å²) in [4.78, 5) is 46.5. The minimum Gasteiger partial charge on any atom is -0.480 e. The largest absolute Gasteiger partial charge is 0.480 e. The Balaban J connectivity index is 1.51. The molecule has 0 spiro atoms. The average Bonchev–Trinajstić information content (AvgIpc) is 3.21. The quantitative estimate of drug-likeness (QED) is 0.216. The van der Waals surface area contributed by atoms with Crippen LogP contribution in [-0.2, 0) is 14.3 Å². The second-order valence-corrected chi connectivity index (χ2v) is 10.5.